The molecule has 5 heteroatoms. The highest BCUT2D eigenvalue weighted by Gasteiger charge is 2.13. The molecule has 1 amide bonds. The Balaban J connectivity index is 2.06. The number of nitrogens with zero attached hydrogens (tertiary/aromatic N) is 2. The Labute approximate surface area is 137 Å². The minimum absolute atomic E-state index is 0.0342. The van der Waals surface area contributed by atoms with Crippen LogP contribution in [-0.4, -0.2) is 24.5 Å². The zero-order valence-electron chi connectivity index (χ0n) is 13.7. The van der Waals surface area contributed by atoms with Crippen molar-refractivity contribution < 1.29 is 4.79 Å². The van der Waals surface area contributed by atoms with E-state index in [9.17, 15) is 4.79 Å². The number of aromatic nitrogens is 1. The molecule has 3 N–H and O–H groups in total. The number of hydrogen-bond acceptors (Lipinski definition) is 4. The van der Waals surface area contributed by atoms with Crippen molar-refractivity contribution >= 4 is 11.7 Å². The molecule has 0 radical (unpaired) electrons. The second kappa shape index (κ2) is 8.29. The first-order chi connectivity index (χ1) is 11.1. The van der Waals surface area contributed by atoms with Crippen molar-refractivity contribution in [3.8, 4) is 0 Å². The van der Waals surface area contributed by atoms with Crippen LogP contribution in [0.25, 0.3) is 0 Å². The topological polar surface area (TPSA) is 71.2 Å². The maximum atomic E-state index is 11.9. The average molecular weight is 312 g/mol. The maximum absolute atomic E-state index is 11.9. The molecule has 0 unspecified atom stereocenters. The van der Waals surface area contributed by atoms with Crippen LogP contribution in [0.2, 0.25) is 0 Å². The van der Waals surface area contributed by atoms with Gasteiger partial charge < -0.3 is 16.0 Å². The van der Waals surface area contributed by atoms with Gasteiger partial charge in [0.15, 0.2) is 0 Å². The highest BCUT2D eigenvalue weighted by Crippen LogP contribution is 2.18. The number of nitrogens with one attached hydrogen (secondary N) is 1. The summed E-state index contributed by atoms with van der Waals surface area (Å²) in [4.78, 5) is 18.4. The molecule has 23 heavy (non-hydrogen) atoms. The molecule has 0 aliphatic carbocycles. The van der Waals surface area contributed by atoms with Crippen LogP contribution >= 0.6 is 0 Å². The lowest BCUT2D eigenvalue weighted by molar-refractivity contribution is -0.124. The van der Waals surface area contributed by atoms with Crippen LogP contribution in [0, 0.1) is 5.92 Å². The number of amides is 1. The molecule has 1 aromatic heterocycles. The van der Waals surface area contributed by atoms with Gasteiger partial charge in [-0.05, 0) is 11.6 Å². The summed E-state index contributed by atoms with van der Waals surface area (Å²) in [6.07, 6.45) is 1.77. The molecule has 1 atom stereocenters. The minimum Gasteiger partial charge on any atom is -0.355 e. The zero-order chi connectivity index (χ0) is 16.7. The van der Waals surface area contributed by atoms with Crippen LogP contribution in [0.4, 0.5) is 5.82 Å². The van der Waals surface area contributed by atoms with Gasteiger partial charge in [-0.3, -0.25) is 4.79 Å². The predicted octanol–water partition coefficient (Wildman–Crippen LogP) is 1.93. The first-order valence-corrected chi connectivity index (χ1v) is 7.78. The Bertz CT molecular complexity index is 630. The van der Waals surface area contributed by atoms with Gasteiger partial charge in [0.1, 0.15) is 5.82 Å². The summed E-state index contributed by atoms with van der Waals surface area (Å²) < 4.78 is 0. The summed E-state index contributed by atoms with van der Waals surface area (Å²) in [6.45, 7) is 3.38. The number of benzene rings is 1. The molecule has 0 aliphatic heterocycles. The van der Waals surface area contributed by atoms with Crippen molar-refractivity contribution in [3.63, 3.8) is 0 Å². The fourth-order valence-corrected chi connectivity index (χ4v) is 2.31. The molecule has 0 saturated carbocycles. The van der Waals surface area contributed by atoms with E-state index in [1.807, 2.05) is 44.3 Å². The van der Waals surface area contributed by atoms with Crippen LogP contribution in [-0.2, 0) is 17.9 Å². The third-order valence-electron chi connectivity index (χ3n) is 3.75. The zero-order valence-corrected chi connectivity index (χ0v) is 13.7. The molecule has 2 aromatic rings. The van der Waals surface area contributed by atoms with Crippen molar-refractivity contribution in [1.82, 2.24) is 10.3 Å². The van der Waals surface area contributed by atoms with Gasteiger partial charge in [-0.2, -0.15) is 0 Å². The number of anilines is 1. The SMILES string of the molecule is C[C@H](CN)C(=O)NCc1cccnc1N(C)Cc1ccccc1. The van der Waals surface area contributed by atoms with Gasteiger partial charge in [-0.25, -0.2) is 4.98 Å². The third kappa shape index (κ3) is 4.79. The van der Waals surface area contributed by atoms with Crippen LogP contribution in [0.3, 0.4) is 0 Å². The molecule has 0 spiro atoms. The molecular weight excluding hydrogens is 288 g/mol. The molecule has 0 aliphatic rings. The van der Waals surface area contributed by atoms with Crippen molar-refractivity contribution in [2.24, 2.45) is 11.7 Å². The first kappa shape index (κ1) is 17.0. The Morgan fingerprint density at radius 1 is 1.26 bits per heavy atom. The number of rotatable bonds is 7. The fourth-order valence-electron chi connectivity index (χ4n) is 2.31. The summed E-state index contributed by atoms with van der Waals surface area (Å²) in [7, 11) is 2.00. The first-order valence-electron chi connectivity index (χ1n) is 7.78. The van der Waals surface area contributed by atoms with Crippen molar-refractivity contribution in [3.05, 3.63) is 59.8 Å². The molecule has 0 saturated heterocycles. The van der Waals surface area contributed by atoms with E-state index in [1.54, 1.807) is 6.20 Å². The van der Waals surface area contributed by atoms with E-state index < -0.39 is 0 Å². The van der Waals surface area contributed by atoms with E-state index >= 15 is 0 Å². The Morgan fingerprint density at radius 2 is 2.00 bits per heavy atom. The van der Waals surface area contributed by atoms with E-state index in [4.69, 9.17) is 5.73 Å². The van der Waals surface area contributed by atoms with E-state index in [0.717, 1.165) is 17.9 Å². The number of pyridine rings is 1. The van der Waals surface area contributed by atoms with E-state index in [2.05, 4.69) is 27.3 Å². The van der Waals surface area contributed by atoms with E-state index in [0.29, 0.717) is 13.1 Å². The molecule has 2 rings (SSSR count). The second-order valence-electron chi connectivity index (χ2n) is 5.68. The average Bonchev–Trinajstić information content (AvgIpc) is 2.60. The summed E-state index contributed by atoms with van der Waals surface area (Å²) in [6, 6.07) is 14.1. The fraction of sp³-hybridized carbons (Fsp3) is 0.333. The molecule has 0 bridgehead atoms. The molecule has 0 fully saturated rings. The van der Waals surface area contributed by atoms with Gasteiger partial charge in [0.25, 0.3) is 0 Å². The molecular formula is C18H24N4O. The van der Waals surface area contributed by atoms with E-state index in [-0.39, 0.29) is 11.8 Å². The quantitative estimate of drug-likeness (QED) is 0.819. The number of carbonyl (C=O) groups is 1. The third-order valence-corrected chi connectivity index (χ3v) is 3.75. The van der Waals surface area contributed by atoms with Crippen molar-refractivity contribution in [2.75, 3.05) is 18.5 Å². The maximum Gasteiger partial charge on any atom is 0.224 e. The lowest BCUT2D eigenvalue weighted by atomic mass is 10.1. The van der Waals surface area contributed by atoms with Crippen LogP contribution in [0.15, 0.2) is 48.7 Å². The van der Waals surface area contributed by atoms with Crippen LogP contribution < -0.4 is 16.0 Å². The van der Waals surface area contributed by atoms with Gasteiger partial charge in [-0.1, -0.05) is 43.3 Å². The Kier molecular flexibility index (Phi) is 6.11. The summed E-state index contributed by atoms with van der Waals surface area (Å²) in [5.41, 5.74) is 7.73. The van der Waals surface area contributed by atoms with Crippen molar-refractivity contribution in [1.29, 1.82) is 0 Å². The highest BCUT2D eigenvalue weighted by molar-refractivity contribution is 5.78. The number of hydrogen-bond donors (Lipinski definition) is 2. The lowest BCUT2D eigenvalue weighted by Gasteiger charge is -2.21. The van der Waals surface area contributed by atoms with Gasteiger partial charge in [-0.15, -0.1) is 0 Å². The minimum atomic E-state index is -0.183. The number of carbonyl (C=O) groups excluding carboxylic acids is 1. The largest absolute Gasteiger partial charge is 0.355 e. The summed E-state index contributed by atoms with van der Waals surface area (Å²) in [5, 5.41) is 2.92. The van der Waals surface area contributed by atoms with Gasteiger partial charge >= 0.3 is 0 Å². The standard InChI is InChI=1S/C18H24N4O/c1-14(11-19)18(23)21-12-16-9-6-10-20-17(16)22(2)13-15-7-4-3-5-8-15/h3-10,14H,11-13,19H2,1-2H3,(H,21,23)/t14-/m1/s1. The van der Waals surface area contributed by atoms with Crippen molar-refractivity contribution in [2.45, 2.75) is 20.0 Å². The highest BCUT2D eigenvalue weighted by atomic mass is 16.1. The summed E-state index contributed by atoms with van der Waals surface area (Å²) >= 11 is 0. The molecule has 5 nitrogen and oxygen atoms in total. The molecule has 1 aromatic carbocycles. The van der Waals surface area contributed by atoms with E-state index in [1.165, 1.54) is 5.56 Å². The monoisotopic (exact) mass is 312 g/mol. The lowest BCUT2D eigenvalue weighted by Crippen LogP contribution is -2.33. The molecule has 1 heterocycles. The normalized spacial score (nSPS) is 11.8. The smallest absolute Gasteiger partial charge is 0.224 e. The predicted molar refractivity (Wildman–Crippen MR) is 92.9 cm³/mol. The Morgan fingerprint density at radius 3 is 2.70 bits per heavy atom. The number of nitrogens with two attached hydrogens (primary N) is 1. The van der Waals surface area contributed by atoms with Crippen LogP contribution in [0.5, 0.6) is 0 Å². The van der Waals surface area contributed by atoms with Gasteiger partial charge in [0, 0.05) is 44.4 Å². The summed E-state index contributed by atoms with van der Waals surface area (Å²) in [5.74, 6) is 0.655. The Hall–Kier alpha value is -2.40. The van der Waals surface area contributed by atoms with Gasteiger partial charge in [0.05, 0.1) is 0 Å². The van der Waals surface area contributed by atoms with Crippen LogP contribution in [0.1, 0.15) is 18.1 Å². The molecule has 122 valence electrons. The van der Waals surface area contributed by atoms with Gasteiger partial charge in [0.2, 0.25) is 5.91 Å². The second-order valence-corrected chi connectivity index (χ2v) is 5.68.